The Morgan fingerprint density at radius 3 is 3.00 bits per heavy atom. The smallest absolute Gasteiger partial charge is 0.119 e. The molecule has 4 rings (SSSR count). The van der Waals surface area contributed by atoms with E-state index < -0.39 is 0 Å². The minimum atomic E-state index is 0.551. The quantitative estimate of drug-likeness (QED) is 0.838. The fourth-order valence-electron chi connectivity index (χ4n) is 3.42. The molecule has 2 bridgehead atoms. The number of methoxy groups -OCH3 is 1. The first kappa shape index (κ1) is 10.2. The summed E-state index contributed by atoms with van der Waals surface area (Å²) in [5.41, 5.74) is 1.97. The third-order valence-electron chi connectivity index (χ3n) is 4.09. The van der Waals surface area contributed by atoms with Gasteiger partial charge in [0.05, 0.1) is 7.11 Å². The summed E-state index contributed by atoms with van der Waals surface area (Å²) >= 11 is 0. The van der Waals surface area contributed by atoms with Gasteiger partial charge < -0.3 is 10.1 Å². The Labute approximate surface area is 97.0 Å². The highest BCUT2D eigenvalue weighted by Crippen LogP contribution is 2.49. The Kier molecular flexibility index (Phi) is 2.40. The predicted octanol–water partition coefficient (Wildman–Crippen LogP) is 2.24. The van der Waals surface area contributed by atoms with Crippen LogP contribution in [0.15, 0.2) is 24.3 Å². The van der Waals surface area contributed by atoms with E-state index in [9.17, 15) is 0 Å². The number of rotatable bonds is 3. The first-order valence-electron chi connectivity index (χ1n) is 6.13. The van der Waals surface area contributed by atoms with Gasteiger partial charge in [-0.1, -0.05) is 12.1 Å². The molecule has 2 heterocycles. The number of piperidine rings is 2. The second-order valence-electron chi connectivity index (χ2n) is 5.43. The van der Waals surface area contributed by atoms with Crippen molar-refractivity contribution in [2.45, 2.75) is 19.3 Å². The molecule has 0 amide bonds. The summed E-state index contributed by atoms with van der Waals surface area (Å²) < 4.78 is 5.27. The number of benzene rings is 1. The van der Waals surface area contributed by atoms with Crippen molar-refractivity contribution in [3.05, 3.63) is 29.8 Å². The molecule has 1 aromatic carbocycles. The van der Waals surface area contributed by atoms with Gasteiger partial charge in [0.2, 0.25) is 0 Å². The molecule has 0 radical (unpaired) electrons. The molecule has 0 atom stereocenters. The maximum absolute atomic E-state index is 5.27. The molecule has 1 aliphatic carbocycles. The van der Waals surface area contributed by atoms with Crippen molar-refractivity contribution in [1.29, 1.82) is 0 Å². The molecule has 1 N–H and O–H groups in total. The Balaban J connectivity index is 1.73. The molecule has 1 aromatic rings. The van der Waals surface area contributed by atoms with Crippen LogP contribution >= 0.6 is 0 Å². The lowest BCUT2D eigenvalue weighted by Crippen LogP contribution is -2.55. The lowest BCUT2D eigenvalue weighted by Gasteiger charge is -2.53. The van der Waals surface area contributed by atoms with Crippen molar-refractivity contribution in [2.75, 3.05) is 20.2 Å². The first-order valence-corrected chi connectivity index (χ1v) is 6.13. The maximum Gasteiger partial charge on any atom is 0.119 e. The topological polar surface area (TPSA) is 21.3 Å². The van der Waals surface area contributed by atoms with Gasteiger partial charge in [-0.25, -0.2) is 0 Å². The van der Waals surface area contributed by atoms with Gasteiger partial charge in [-0.15, -0.1) is 0 Å². The van der Waals surface area contributed by atoms with Crippen LogP contribution in [0.5, 0.6) is 5.75 Å². The van der Waals surface area contributed by atoms with E-state index in [4.69, 9.17) is 4.74 Å². The second kappa shape index (κ2) is 3.77. The molecule has 2 nitrogen and oxygen atoms in total. The minimum Gasteiger partial charge on any atom is -0.497 e. The zero-order chi connectivity index (χ0) is 11.0. The number of ether oxygens (including phenoxy) is 1. The molecule has 2 heteroatoms. The van der Waals surface area contributed by atoms with Crippen molar-refractivity contribution >= 4 is 0 Å². The average Bonchev–Trinajstić information content (AvgIpc) is 2.29. The zero-order valence-electron chi connectivity index (χ0n) is 9.83. The van der Waals surface area contributed by atoms with Crippen LogP contribution in [0.25, 0.3) is 0 Å². The summed E-state index contributed by atoms with van der Waals surface area (Å²) in [5.74, 6) is 1.92. The Bertz CT molecular complexity index is 377. The second-order valence-corrected chi connectivity index (χ2v) is 5.43. The summed E-state index contributed by atoms with van der Waals surface area (Å²) in [7, 11) is 1.74. The van der Waals surface area contributed by atoms with Crippen LogP contribution in [0.4, 0.5) is 0 Å². The van der Waals surface area contributed by atoms with Gasteiger partial charge in [0.1, 0.15) is 5.75 Å². The van der Waals surface area contributed by atoms with Crippen molar-refractivity contribution in [2.24, 2.45) is 11.3 Å². The fourth-order valence-corrected chi connectivity index (χ4v) is 3.42. The highest BCUT2D eigenvalue weighted by atomic mass is 16.5. The van der Waals surface area contributed by atoms with E-state index in [-0.39, 0.29) is 0 Å². The molecular formula is C14H19NO. The van der Waals surface area contributed by atoms with Crippen molar-refractivity contribution in [3.8, 4) is 5.75 Å². The predicted molar refractivity (Wildman–Crippen MR) is 64.7 cm³/mol. The average molecular weight is 217 g/mol. The maximum atomic E-state index is 5.27. The van der Waals surface area contributed by atoms with E-state index >= 15 is 0 Å². The lowest BCUT2D eigenvalue weighted by molar-refractivity contribution is 0.0145. The summed E-state index contributed by atoms with van der Waals surface area (Å²) in [4.78, 5) is 0. The van der Waals surface area contributed by atoms with E-state index in [1.165, 1.54) is 37.9 Å². The monoisotopic (exact) mass is 217 g/mol. The number of fused-ring (bicyclic) bond motifs is 2. The molecule has 3 aliphatic rings. The summed E-state index contributed by atoms with van der Waals surface area (Å²) in [6.07, 6.45) is 4.03. The van der Waals surface area contributed by atoms with Gasteiger partial charge in [0.15, 0.2) is 0 Å². The number of hydrogen-bond donors (Lipinski definition) is 1. The Morgan fingerprint density at radius 1 is 1.44 bits per heavy atom. The fraction of sp³-hybridized carbons (Fsp3) is 0.571. The molecule has 1 saturated carbocycles. The molecule has 0 aromatic heterocycles. The Morgan fingerprint density at radius 2 is 2.31 bits per heavy atom. The molecule has 2 saturated heterocycles. The third kappa shape index (κ3) is 1.71. The van der Waals surface area contributed by atoms with Gasteiger partial charge in [-0.05, 0) is 54.8 Å². The van der Waals surface area contributed by atoms with Crippen LogP contribution in [-0.2, 0) is 6.42 Å². The SMILES string of the molecule is COc1cccc(CC23CNCC(C2)C3)c1. The van der Waals surface area contributed by atoms with Crippen LogP contribution < -0.4 is 10.1 Å². The Hall–Kier alpha value is -1.02. The molecule has 3 fully saturated rings. The molecular weight excluding hydrogens is 198 g/mol. The zero-order valence-corrected chi connectivity index (χ0v) is 9.83. The van der Waals surface area contributed by atoms with E-state index in [1.807, 2.05) is 6.07 Å². The van der Waals surface area contributed by atoms with Crippen molar-refractivity contribution < 1.29 is 4.74 Å². The van der Waals surface area contributed by atoms with Gasteiger partial charge in [0.25, 0.3) is 0 Å². The molecule has 86 valence electrons. The summed E-state index contributed by atoms with van der Waals surface area (Å²) in [5, 5.41) is 3.54. The normalized spacial score (nSPS) is 31.9. The van der Waals surface area contributed by atoms with Crippen LogP contribution in [0, 0.1) is 11.3 Å². The van der Waals surface area contributed by atoms with Crippen LogP contribution in [0.2, 0.25) is 0 Å². The molecule has 16 heavy (non-hydrogen) atoms. The minimum absolute atomic E-state index is 0.551. The van der Waals surface area contributed by atoms with Gasteiger partial charge >= 0.3 is 0 Å². The lowest BCUT2D eigenvalue weighted by atomic mass is 9.57. The van der Waals surface area contributed by atoms with E-state index in [0.29, 0.717) is 5.41 Å². The van der Waals surface area contributed by atoms with Crippen LogP contribution in [-0.4, -0.2) is 20.2 Å². The van der Waals surface area contributed by atoms with E-state index in [1.54, 1.807) is 7.11 Å². The van der Waals surface area contributed by atoms with Gasteiger partial charge in [-0.2, -0.15) is 0 Å². The van der Waals surface area contributed by atoms with Crippen LogP contribution in [0.3, 0.4) is 0 Å². The number of nitrogens with one attached hydrogen (secondary N) is 1. The van der Waals surface area contributed by atoms with Crippen LogP contribution in [0.1, 0.15) is 18.4 Å². The first-order chi connectivity index (χ1) is 7.80. The van der Waals surface area contributed by atoms with Crippen molar-refractivity contribution in [3.63, 3.8) is 0 Å². The van der Waals surface area contributed by atoms with Crippen molar-refractivity contribution in [1.82, 2.24) is 5.32 Å². The third-order valence-corrected chi connectivity index (χ3v) is 4.09. The molecule has 0 spiro atoms. The number of hydrogen-bond acceptors (Lipinski definition) is 2. The standard InChI is InChI=1S/C14H19NO/c1-16-13-4-2-3-11(5-13)6-14-7-12(8-14)9-15-10-14/h2-5,12,15H,6-10H2,1H3. The summed E-state index contributed by atoms with van der Waals surface area (Å²) in [6.45, 7) is 2.43. The molecule has 2 aliphatic heterocycles. The highest BCUT2D eigenvalue weighted by molar-refractivity contribution is 5.29. The van der Waals surface area contributed by atoms with Gasteiger partial charge in [0, 0.05) is 6.54 Å². The van der Waals surface area contributed by atoms with E-state index in [2.05, 4.69) is 23.5 Å². The van der Waals surface area contributed by atoms with E-state index in [0.717, 1.165) is 11.7 Å². The van der Waals surface area contributed by atoms with Gasteiger partial charge in [-0.3, -0.25) is 0 Å². The molecule has 0 unspecified atom stereocenters. The largest absolute Gasteiger partial charge is 0.497 e. The highest BCUT2D eigenvalue weighted by Gasteiger charge is 2.46. The summed E-state index contributed by atoms with van der Waals surface area (Å²) in [6, 6.07) is 8.51.